The molecule has 1 amide bonds. The highest BCUT2D eigenvalue weighted by molar-refractivity contribution is 5.88. The molecule has 2 aromatic rings. The van der Waals surface area contributed by atoms with Gasteiger partial charge in [-0.2, -0.15) is 0 Å². The van der Waals surface area contributed by atoms with Crippen LogP contribution in [0.2, 0.25) is 0 Å². The molecule has 0 heterocycles. The Labute approximate surface area is 197 Å². The minimum Gasteiger partial charge on any atom is -0.481 e. The van der Waals surface area contributed by atoms with Crippen molar-refractivity contribution in [2.75, 3.05) is 6.54 Å². The number of rotatable bonds is 16. The molecule has 2 aromatic carbocycles. The van der Waals surface area contributed by atoms with Crippen molar-refractivity contribution < 1.29 is 19.5 Å². The Kier molecular flexibility index (Phi) is 11.9. The highest BCUT2D eigenvalue weighted by Gasteiger charge is 2.25. The molecule has 5 heteroatoms. The lowest BCUT2D eigenvalue weighted by Gasteiger charge is -2.19. The number of benzene rings is 2. The number of carbonyl (C=O) groups excluding carboxylic acids is 2. The predicted octanol–water partition coefficient (Wildman–Crippen LogP) is 5.22. The Balaban J connectivity index is 1.84. The lowest BCUT2D eigenvalue weighted by Crippen LogP contribution is -2.35. The van der Waals surface area contributed by atoms with Crippen molar-refractivity contribution in [3.63, 3.8) is 0 Å². The number of amides is 1. The van der Waals surface area contributed by atoms with Crippen molar-refractivity contribution in [3.05, 3.63) is 71.8 Å². The van der Waals surface area contributed by atoms with Crippen LogP contribution in [0.3, 0.4) is 0 Å². The second-order valence-corrected chi connectivity index (χ2v) is 8.85. The highest BCUT2D eigenvalue weighted by Crippen LogP contribution is 2.18. The van der Waals surface area contributed by atoms with E-state index >= 15 is 0 Å². The molecule has 0 unspecified atom stereocenters. The molecule has 2 rings (SSSR count). The molecule has 0 radical (unpaired) electrons. The molecule has 2 atom stereocenters. The maximum Gasteiger partial charge on any atom is 0.303 e. The standard InChI is InChI=1S/C28H37NO4/c1-22(19-23-13-7-5-8-14-23)26(30)21-25(20-24-15-9-6-10-16-24)28(33)29-18-12-4-2-3-11-17-27(31)32/h5-10,13-16,22,25H,2-4,11-12,17-21H2,1H3,(H,29,33)(H,31,32)/t22-,25+/m1/s1. The largest absolute Gasteiger partial charge is 0.481 e. The quantitative estimate of drug-likeness (QED) is 0.343. The highest BCUT2D eigenvalue weighted by atomic mass is 16.4. The number of ketones is 1. The summed E-state index contributed by atoms with van der Waals surface area (Å²) in [5.41, 5.74) is 2.19. The fourth-order valence-electron chi connectivity index (χ4n) is 3.97. The Morgan fingerprint density at radius 2 is 1.33 bits per heavy atom. The molecule has 2 N–H and O–H groups in total. The van der Waals surface area contributed by atoms with Crippen LogP contribution in [0.1, 0.15) is 63.0 Å². The maximum absolute atomic E-state index is 13.0. The molecule has 0 saturated heterocycles. The molecule has 5 nitrogen and oxygen atoms in total. The summed E-state index contributed by atoms with van der Waals surface area (Å²) in [7, 11) is 0. The number of aliphatic carboxylic acids is 1. The zero-order chi connectivity index (χ0) is 23.9. The monoisotopic (exact) mass is 451 g/mol. The van der Waals surface area contributed by atoms with Gasteiger partial charge in [0, 0.05) is 31.2 Å². The third kappa shape index (κ3) is 11.0. The van der Waals surface area contributed by atoms with Gasteiger partial charge in [-0.25, -0.2) is 0 Å². The molecule has 0 aliphatic carbocycles. The van der Waals surface area contributed by atoms with Gasteiger partial charge in [-0.15, -0.1) is 0 Å². The van der Waals surface area contributed by atoms with Gasteiger partial charge in [0.2, 0.25) is 5.91 Å². The number of hydrogen-bond acceptors (Lipinski definition) is 3. The smallest absolute Gasteiger partial charge is 0.303 e. The normalized spacial score (nSPS) is 12.6. The minimum atomic E-state index is -0.751. The first kappa shape index (κ1) is 26.3. The Morgan fingerprint density at radius 1 is 0.788 bits per heavy atom. The number of hydrogen-bond donors (Lipinski definition) is 2. The van der Waals surface area contributed by atoms with E-state index in [4.69, 9.17) is 5.11 Å². The van der Waals surface area contributed by atoms with Gasteiger partial charge in [0.1, 0.15) is 5.78 Å². The van der Waals surface area contributed by atoms with Gasteiger partial charge < -0.3 is 10.4 Å². The number of carboxylic acids is 1. The van der Waals surface area contributed by atoms with Crippen molar-refractivity contribution >= 4 is 17.7 Å². The zero-order valence-corrected chi connectivity index (χ0v) is 19.7. The van der Waals surface area contributed by atoms with Crippen LogP contribution >= 0.6 is 0 Å². The van der Waals surface area contributed by atoms with Crippen LogP contribution in [0.5, 0.6) is 0 Å². The van der Waals surface area contributed by atoms with Crippen LogP contribution in [0, 0.1) is 11.8 Å². The van der Waals surface area contributed by atoms with E-state index in [0.717, 1.165) is 36.8 Å². The van der Waals surface area contributed by atoms with Crippen LogP contribution in [0.4, 0.5) is 0 Å². The molecule has 33 heavy (non-hydrogen) atoms. The van der Waals surface area contributed by atoms with E-state index in [1.807, 2.05) is 67.6 Å². The first-order chi connectivity index (χ1) is 16.0. The van der Waals surface area contributed by atoms with Gasteiger partial charge in [-0.1, -0.05) is 86.8 Å². The molecule has 0 fully saturated rings. The van der Waals surface area contributed by atoms with Crippen molar-refractivity contribution in [2.24, 2.45) is 11.8 Å². The van der Waals surface area contributed by atoms with Gasteiger partial charge in [-0.3, -0.25) is 14.4 Å². The molecule has 178 valence electrons. The van der Waals surface area contributed by atoms with Gasteiger partial charge in [0.05, 0.1) is 0 Å². The fourth-order valence-corrected chi connectivity index (χ4v) is 3.97. The topological polar surface area (TPSA) is 83.5 Å². The summed E-state index contributed by atoms with van der Waals surface area (Å²) in [5.74, 6) is -1.21. The summed E-state index contributed by atoms with van der Waals surface area (Å²) < 4.78 is 0. The van der Waals surface area contributed by atoms with Crippen molar-refractivity contribution in [1.29, 1.82) is 0 Å². The third-order valence-corrected chi connectivity index (χ3v) is 5.94. The van der Waals surface area contributed by atoms with E-state index in [9.17, 15) is 14.4 Å². The lowest BCUT2D eigenvalue weighted by atomic mass is 9.87. The summed E-state index contributed by atoms with van der Waals surface area (Å²) in [5, 5.41) is 11.7. The molecule has 0 aromatic heterocycles. The van der Waals surface area contributed by atoms with E-state index in [1.165, 1.54) is 0 Å². The first-order valence-electron chi connectivity index (χ1n) is 12.1. The third-order valence-electron chi connectivity index (χ3n) is 5.94. The minimum absolute atomic E-state index is 0.0648. The number of nitrogens with one attached hydrogen (secondary N) is 1. The Bertz CT molecular complexity index is 851. The molecule has 0 aliphatic heterocycles. The van der Waals surface area contributed by atoms with Crippen LogP contribution < -0.4 is 5.32 Å². The van der Waals surface area contributed by atoms with Gasteiger partial charge in [-0.05, 0) is 36.8 Å². The van der Waals surface area contributed by atoms with E-state index < -0.39 is 5.97 Å². The SMILES string of the molecule is C[C@H](Cc1ccccc1)C(=O)C[C@H](Cc1ccccc1)C(=O)NCCCCCCCC(=O)O. The predicted molar refractivity (Wildman–Crippen MR) is 131 cm³/mol. The van der Waals surface area contributed by atoms with Crippen molar-refractivity contribution in [3.8, 4) is 0 Å². The number of unbranched alkanes of at least 4 members (excludes halogenated alkanes) is 4. The summed E-state index contributed by atoms with van der Waals surface area (Å²) in [6, 6.07) is 19.8. The second-order valence-electron chi connectivity index (χ2n) is 8.85. The summed E-state index contributed by atoms with van der Waals surface area (Å²) in [4.78, 5) is 36.4. The van der Waals surface area contributed by atoms with Crippen molar-refractivity contribution in [2.45, 2.75) is 64.7 Å². The summed E-state index contributed by atoms with van der Waals surface area (Å²) in [6.07, 6.45) is 6.05. The van der Waals surface area contributed by atoms with E-state index in [1.54, 1.807) is 0 Å². The average molecular weight is 452 g/mol. The van der Waals surface area contributed by atoms with Crippen LogP contribution in [-0.2, 0) is 27.2 Å². The van der Waals surface area contributed by atoms with Crippen molar-refractivity contribution in [1.82, 2.24) is 5.32 Å². The molecular weight excluding hydrogens is 414 g/mol. The average Bonchev–Trinajstić information content (AvgIpc) is 2.81. The Hall–Kier alpha value is -2.95. The Morgan fingerprint density at radius 3 is 1.94 bits per heavy atom. The number of carbonyl (C=O) groups is 3. The van der Waals surface area contributed by atoms with E-state index in [0.29, 0.717) is 25.8 Å². The van der Waals surface area contributed by atoms with Gasteiger partial charge in [0.25, 0.3) is 0 Å². The van der Waals surface area contributed by atoms with Crippen LogP contribution in [-0.4, -0.2) is 29.3 Å². The molecule has 0 aliphatic rings. The van der Waals surface area contributed by atoms with Gasteiger partial charge >= 0.3 is 5.97 Å². The number of carboxylic acid groups (broad SMARTS) is 1. The summed E-state index contributed by atoms with van der Waals surface area (Å²) in [6.45, 7) is 2.52. The fraction of sp³-hybridized carbons (Fsp3) is 0.464. The van der Waals surface area contributed by atoms with E-state index in [2.05, 4.69) is 5.32 Å². The molecule has 0 saturated carbocycles. The van der Waals surface area contributed by atoms with Gasteiger partial charge in [0.15, 0.2) is 0 Å². The number of Topliss-reactive ketones (excluding diaryl/α,β-unsaturated/α-hetero) is 1. The van der Waals surface area contributed by atoms with E-state index in [-0.39, 0.29) is 36.4 Å². The lowest BCUT2D eigenvalue weighted by molar-refractivity contribution is -0.137. The molecule has 0 spiro atoms. The second kappa shape index (κ2) is 15.0. The van der Waals surface area contributed by atoms with Crippen LogP contribution in [0.25, 0.3) is 0 Å². The molecular formula is C28H37NO4. The first-order valence-corrected chi connectivity index (χ1v) is 12.1. The molecule has 0 bridgehead atoms. The zero-order valence-electron chi connectivity index (χ0n) is 19.7. The van der Waals surface area contributed by atoms with Crippen LogP contribution in [0.15, 0.2) is 60.7 Å². The maximum atomic E-state index is 13.0. The summed E-state index contributed by atoms with van der Waals surface area (Å²) >= 11 is 0.